The van der Waals surface area contributed by atoms with Crippen LogP contribution in [0.3, 0.4) is 0 Å². The van der Waals surface area contributed by atoms with E-state index in [-0.39, 0.29) is 5.41 Å². The molecule has 122 valence electrons. The first kappa shape index (κ1) is 16.5. The van der Waals surface area contributed by atoms with Gasteiger partial charge in [-0.15, -0.1) is 0 Å². The zero-order valence-corrected chi connectivity index (χ0v) is 14.3. The number of benzene rings is 3. The maximum absolute atomic E-state index is 11.2. The Kier molecular flexibility index (Phi) is 4.55. The Labute approximate surface area is 144 Å². The molecule has 3 rings (SSSR count). The Morgan fingerprint density at radius 1 is 0.583 bits per heavy atom. The molecule has 0 amide bonds. The molecule has 0 spiro atoms. The van der Waals surface area contributed by atoms with Crippen molar-refractivity contribution in [3.05, 3.63) is 108 Å². The van der Waals surface area contributed by atoms with Crippen LogP contribution in [0.4, 0.5) is 0 Å². The van der Waals surface area contributed by atoms with E-state index in [0.717, 1.165) is 5.56 Å². The van der Waals surface area contributed by atoms with Crippen molar-refractivity contribution in [2.45, 2.75) is 31.3 Å². The van der Waals surface area contributed by atoms with Gasteiger partial charge in [0, 0.05) is 5.41 Å². The van der Waals surface area contributed by atoms with Gasteiger partial charge in [-0.25, -0.2) is 0 Å². The van der Waals surface area contributed by atoms with E-state index in [1.165, 1.54) is 11.1 Å². The van der Waals surface area contributed by atoms with Crippen LogP contribution < -0.4 is 0 Å². The molecule has 1 atom stereocenters. The number of rotatable bonds is 5. The normalized spacial score (nSPS) is 14.1. The van der Waals surface area contributed by atoms with E-state index in [0.29, 0.717) is 6.42 Å². The second-order valence-electron chi connectivity index (χ2n) is 6.88. The zero-order valence-electron chi connectivity index (χ0n) is 14.3. The van der Waals surface area contributed by atoms with Crippen LogP contribution in [0.15, 0.2) is 91.0 Å². The number of hydrogen-bond donors (Lipinski definition) is 1. The van der Waals surface area contributed by atoms with E-state index in [2.05, 4.69) is 55.5 Å². The molecule has 0 fully saturated rings. The van der Waals surface area contributed by atoms with E-state index >= 15 is 0 Å². The van der Waals surface area contributed by atoms with Crippen molar-refractivity contribution in [2.75, 3.05) is 0 Å². The standard InChI is InChI=1S/C23H24O/c1-22(19-12-6-3-7-13-19,20-14-8-4-9-15-20)18-23(2,24)21-16-10-5-11-17-21/h3-17,24H,18H2,1-2H3. The molecule has 24 heavy (non-hydrogen) atoms. The lowest BCUT2D eigenvalue weighted by molar-refractivity contribution is 0.0307. The number of aliphatic hydroxyl groups is 1. The second-order valence-corrected chi connectivity index (χ2v) is 6.88. The van der Waals surface area contributed by atoms with Crippen molar-refractivity contribution >= 4 is 0 Å². The van der Waals surface area contributed by atoms with E-state index in [1.54, 1.807) is 0 Å². The van der Waals surface area contributed by atoms with Gasteiger partial charge in [-0.3, -0.25) is 0 Å². The van der Waals surface area contributed by atoms with Crippen molar-refractivity contribution in [2.24, 2.45) is 0 Å². The molecular weight excluding hydrogens is 292 g/mol. The lowest BCUT2D eigenvalue weighted by Gasteiger charge is -2.38. The molecular formula is C23H24O. The lowest BCUT2D eigenvalue weighted by Crippen LogP contribution is -2.35. The first-order chi connectivity index (χ1) is 11.5. The van der Waals surface area contributed by atoms with Crippen molar-refractivity contribution in [1.82, 2.24) is 0 Å². The minimum absolute atomic E-state index is 0.276. The van der Waals surface area contributed by atoms with Crippen LogP contribution >= 0.6 is 0 Å². The number of hydrogen-bond acceptors (Lipinski definition) is 1. The molecule has 0 saturated heterocycles. The quantitative estimate of drug-likeness (QED) is 0.678. The highest BCUT2D eigenvalue weighted by Gasteiger charge is 2.37. The van der Waals surface area contributed by atoms with Crippen LogP contribution in [0.25, 0.3) is 0 Å². The summed E-state index contributed by atoms with van der Waals surface area (Å²) < 4.78 is 0. The molecule has 0 aliphatic carbocycles. The molecule has 1 nitrogen and oxygen atoms in total. The van der Waals surface area contributed by atoms with Crippen molar-refractivity contribution in [1.29, 1.82) is 0 Å². The summed E-state index contributed by atoms with van der Waals surface area (Å²) in [5, 5.41) is 11.2. The predicted molar refractivity (Wildman–Crippen MR) is 100.0 cm³/mol. The third-order valence-electron chi connectivity index (χ3n) is 4.92. The van der Waals surface area contributed by atoms with E-state index in [4.69, 9.17) is 0 Å². The highest BCUT2D eigenvalue weighted by molar-refractivity contribution is 5.40. The van der Waals surface area contributed by atoms with Gasteiger partial charge in [-0.2, -0.15) is 0 Å². The van der Waals surface area contributed by atoms with Crippen LogP contribution in [-0.2, 0) is 11.0 Å². The highest BCUT2D eigenvalue weighted by atomic mass is 16.3. The van der Waals surface area contributed by atoms with Gasteiger partial charge >= 0.3 is 0 Å². The van der Waals surface area contributed by atoms with Crippen molar-refractivity contribution in [3.8, 4) is 0 Å². The fourth-order valence-electron chi connectivity index (χ4n) is 3.57. The summed E-state index contributed by atoms with van der Waals surface area (Å²) in [6.45, 7) is 4.13. The first-order valence-corrected chi connectivity index (χ1v) is 8.41. The second kappa shape index (κ2) is 6.62. The van der Waals surface area contributed by atoms with Gasteiger partial charge < -0.3 is 5.11 Å². The highest BCUT2D eigenvalue weighted by Crippen LogP contribution is 2.42. The van der Waals surface area contributed by atoms with Gasteiger partial charge in [0.15, 0.2) is 0 Å². The summed E-state index contributed by atoms with van der Waals surface area (Å²) in [6.07, 6.45) is 0.609. The molecule has 3 aromatic rings. The molecule has 0 bridgehead atoms. The monoisotopic (exact) mass is 316 g/mol. The van der Waals surface area contributed by atoms with Gasteiger partial charge in [0.05, 0.1) is 5.60 Å². The molecule has 1 N–H and O–H groups in total. The third kappa shape index (κ3) is 3.27. The molecule has 0 aliphatic heterocycles. The summed E-state index contributed by atoms with van der Waals surface area (Å²) in [4.78, 5) is 0. The maximum Gasteiger partial charge on any atom is 0.0880 e. The topological polar surface area (TPSA) is 20.2 Å². The average Bonchev–Trinajstić information content (AvgIpc) is 2.63. The van der Waals surface area contributed by atoms with E-state index < -0.39 is 5.60 Å². The first-order valence-electron chi connectivity index (χ1n) is 8.41. The molecule has 0 aromatic heterocycles. The van der Waals surface area contributed by atoms with Crippen molar-refractivity contribution < 1.29 is 5.11 Å². The summed E-state index contributed by atoms with van der Waals surface area (Å²) in [6, 6.07) is 30.8. The van der Waals surface area contributed by atoms with Crippen molar-refractivity contribution in [3.63, 3.8) is 0 Å². The smallest absolute Gasteiger partial charge is 0.0880 e. The Morgan fingerprint density at radius 3 is 1.29 bits per heavy atom. The Hall–Kier alpha value is -2.38. The van der Waals surface area contributed by atoms with Gasteiger partial charge in [-0.1, -0.05) is 97.9 Å². The summed E-state index contributed by atoms with van der Waals surface area (Å²) >= 11 is 0. The molecule has 0 heterocycles. The third-order valence-corrected chi connectivity index (χ3v) is 4.92. The fraction of sp³-hybridized carbons (Fsp3) is 0.217. The summed E-state index contributed by atoms with van der Waals surface area (Å²) in [7, 11) is 0. The van der Waals surface area contributed by atoms with Gasteiger partial charge in [0.2, 0.25) is 0 Å². The summed E-state index contributed by atoms with van der Waals surface area (Å²) in [5.74, 6) is 0. The van der Waals surface area contributed by atoms with E-state index in [9.17, 15) is 5.11 Å². The fourth-order valence-corrected chi connectivity index (χ4v) is 3.57. The Bertz CT molecular complexity index is 721. The largest absolute Gasteiger partial charge is 0.385 e. The van der Waals surface area contributed by atoms with Crippen LogP contribution in [0, 0.1) is 0 Å². The minimum Gasteiger partial charge on any atom is -0.385 e. The lowest BCUT2D eigenvalue weighted by atomic mass is 9.68. The minimum atomic E-state index is -0.915. The van der Waals surface area contributed by atoms with Gasteiger partial charge in [-0.05, 0) is 30.0 Å². The molecule has 1 unspecified atom stereocenters. The molecule has 0 radical (unpaired) electrons. The molecule has 0 saturated carbocycles. The van der Waals surface area contributed by atoms with Crippen LogP contribution in [0.5, 0.6) is 0 Å². The SMILES string of the molecule is CC(O)(CC(C)(c1ccccc1)c1ccccc1)c1ccccc1. The van der Waals surface area contributed by atoms with Crippen LogP contribution in [-0.4, -0.2) is 5.11 Å². The molecule has 3 aromatic carbocycles. The molecule has 0 aliphatic rings. The predicted octanol–water partition coefficient (Wildman–Crippen LogP) is 5.29. The average molecular weight is 316 g/mol. The van der Waals surface area contributed by atoms with Crippen LogP contribution in [0.1, 0.15) is 37.0 Å². The Morgan fingerprint density at radius 2 is 0.917 bits per heavy atom. The van der Waals surface area contributed by atoms with E-state index in [1.807, 2.05) is 49.4 Å². The summed E-state index contributed by atoms with van der Waals surface area (Å²) in [5.41, 5.74) is 2.19. The maximum atomic E-state index is 11.2. The van der Waals surface area contributed by atoms with Gasteiger partial charge in [0.1, 0.15) is 0 Å². The Balaban J connectivity index is 2.06. The zero-order chi connectivity index (χ0) is 17.0. The molecule has 1 heteroatoms. The van der Waals surface area contributed by atoms with Crippen LogP contribution in [0.2, 0.25) is 0 Å². The van der Waals surface area contributed by atoms with Gasteiger partial charge in [0.25, 0.3) is 0 Å².